The van der Waals surface area contributed by atoms with Crippen molar-refractivity contribution in [2.24, 2.45) is 0 Å². The van der Waals surface area contributed by atoms with Crippen molar-refractivity contribution in [2.45, 2.75) is 39.5 Å². The minimum Gasteiger partial charge on any atom is -0.389 e. The molecule has 80 valence electrons. The topological polar surface area (TPSA) is 47.3 Å². The molecule has 1 aromatic rings. The maximum atomic E-state index is 9.27. The normalized spacial score (nSPS) is 13.5. The Morgan fingerprint density at radius 3 is 2.71 bits per heavy atom. The van der Waals surface area contributed by atoms with E-state index in [1.54, 1.807) is 17.8 Å². The molecule has 0 aliphatic carbocycles. The van der Waals surface area contributed by atoms with E-state index >= 15 is 0 Å². The SMILES string of the molecule is CC(C)OCCn1cc(C(C)O)cn1. The highest BCUT2D eigenvalue weighted by Gasteiger charge is 2.03. The standard InChI is InChI=1S/C10H18N2O2/c1-8(2)14-5-4-12-7-10(6-11-12)9(3)13/h6-9,13H,4-5H2,1-3H3. The van der Waals surface area contributed by atoms with Crippen molar-refractivity contribution in [3.63, 3.8) is 0 Å². The van der Waals surface area contributed by atoms with Gasteiger partial charge in [0.05, 0.1) is 31.6 Å². The zero-order chi connectivity index (χ0) is 10.6. The molecule has 1 aromatic heterocycles. The van der Waals surface area contributed by atoms with Crippen LogP contribution in [0.3, 0.4) is 0 Å². The Labute approximate surface area is 84.5 Å². The Morgan fingerprint density at radius 1 is 1.50 bits per heavy atom. The van der Waals surface area contributed by atoms with E-state index in [1.165, 1.54) is 0 Å². The van der Waals surface area contributed by atoms with Gasteiger partial charge in [-0.3, -0.25) is 4.68 Å². The van der Waals surface area contributed by atoms with Crippen LogP contribution in [-0.4, -0.2) is 27.6 Å². The number of aliphatic hydroxyl groups excluding tert-OH is 1. The van der Waals surface area contributed by atoms with Crippen LogP contribution in [0.25, 0.3) is 0 Å². The largest absolute Gasteiger partial charge is 0.389 e. The Bertz CT molecular complexity index is 269. The molecule has 0 aliphatic heterocycles. The molecule has 0 radical (unpaired) electrons. The van der Waals surface area contributed by atoms with E-state index < -0.39 is 6.10 Å². The molecule has 0 fully saturated rings. The number of ether oxygens (including phenoxy) is 1. The zero-order valence-electron chi connectivity index (χ0n) is 8.97. The lowest BCUT2D eigenvalue weighted by molar-refractivity contribution is 0.0709. The second-order valence-corrected chi connectivity index (χ2v) is 3.63. The Kier molecular flexibility index (Phi) is 4.10. The Hall–Kier alpha value is -0.870. The van der Waals surface area contributed by atoms with Crippen LogP contribution in [0.5, 0.6) is 0 Å². The quantitative estimate of drug-likeness (QED) is 0.777. The van der Waals surface area contributed by atoms with Crippen LogP contribution < -0.4 is 0 Å². The second-order valence-electron chi connectivity index (χ2n) is 3.63. The van der Waals surface area contributed by atoms with Crippen LogP contribution in [0.1, 0.15) is 32.4 Å². The van der Waals surface area contributed by atoms with Gasteiger partial charge < -0.3 is 9.84 Å². The van der Waals surface area contributed by atoms with Crippen LogP contribution in [0.15, 0.2) is 12.4 Å². The van der Waals surface area contributed by atoms with Crippen molar-refractivity contribution in [3.05, 3.63) is 18.0 Å². The summed E-state index contributed by atoms with van der Waals surface area (Å²) in [6.45, 7) is 7.12. The fourth-order valence-electron chi connectivity index (χ4n) is 1.10. The molecule has 0 spiro atoms. The highest BCUT2D eigenvalue weighted by Crippen LogP contribution is 2.09. The summed E-state index contributed by atoms with van der Waals surface area (Å²) in [5.74, 6) is 0. The average Bonchev–Trinajstić information content (AvgIpc) is 2.52. The maximum Gasteiger partial charge on any atom is 0.0792 e. The molecular weight excluding hydrogens is 180 g/mol. The number of nitrogens with zero attached hydrogens (tertiary/aromatic N) is 2. The van der Waals surface area contributed by atoms with E-state index in [2.05, 4.69) is 5.10 Å². The van der Waals surface area contributed by atoms with Gasteiger partial charge in [0.1, 0.15) is 0 Å². The van der Waals surface area contributed by atoms with Crippen molar-refractivity contribution in [1.82, 2.24) is 9.78 Å². The summed E-state index contributed by atoms with van der Waals surface area (Å²) < 4.78 is 7.17. The third-order valence-corrected chi connectivity index (χ3v) is 1.91. The van der Waals surface area contributed by atoms with Gasteiger partial charge in [0.2, 0.25) is 0 Å². The number of hydrogen-bond donors (Lipinski definition) is 1. The van der Waals surface area contributed by atoms with E-state index in [0.717, 1.165) is 12.1 Å². The molecule has 0 aromatic carbocycles. The van der Waals surface area contributed by atoms with Crippen molar-refractivity contribution in [2.75, 3.05) is 6.61 Å². The van der Waals surface area contributed by atoms with Gasteiger partial charge in [-0.15, -0.1) is 0 Å². The lowest BCUT2D eigenvalue weighted by atomic mass is 10.2. The van der Waals surface area contributed by atoms with Gasteiger partial charge in [0.15, 0.2) is 0 Å². The summed E-state index contributed by atoms with van der Waals surface area (Å²) in [5, 5.41) is 13.4. The number of aromatic nitrogens is 2. The van der Waals surface area contributed by atoms with Crippen LogP contribution in [0.4, 0.5) is 0 Å². The van der Waals surface area contributed by atoms with Crippen molar-refractivity contribution >= 4 is 0 Å². The molecule has 4 nitrogen and oxygen atoms in total. The molecule has 1 unspecified atom stereocenters. The van der Waals surface area contributed by atoms with Gasteiger partial charge in [-0.1, -0.05) is 0 Å². The first-order valence-corrected chi connectivity index (χ1v) is 4.91. The van der Waals surface area contributed by atoms with E-state index in [1.807, 2.05) is 20.0 Å². The average molecular weight is 198 g/mol. The van der Waals surface area contributed by atoms with Crippen molar-refractivity contribution in [1.29, 1.82) is 0 Å². The third-order valence-electron chi connectivity index (χ3n) is 1.91. The fraction of sp³-hybridized carbons (Fsp3) is 0.700. The van der Waals surface area contributed by atoms with Crippen LogP contribution >= 0.6 is 0 Å². The molecule has 0 saturated heterocycles. The zero-order valence-corrected chi connectivity index (χ0v) is 8.97. The molecule has 0 amide bonds. The van der Waals surface area contributed by atoms with E-state index in [4.69, 9.17) is 4.74 Å². The molecule has 0 aliphatic rings. The minimum absolute atomic E-state index is 0.252. The van der Waals surface area contributed by atoms with Crippen LogP contribution in [0, 0.1) is 0 Å². The lowest BCUT2D eigenvalue weighted by Gasteiger charge is -2.06. The molecule has 0 bridgehead atoms. The first kappa shape index (κ1) is 11.2. The maximum absolute atomic E-state index is 9.27. The molecule has 1 rings (SSSR count). The third kappa shape index (κ3) is 3.47. The molecule has 4 heteroatoms. The summed E-state index contributed by atoms with van der Waals surface area (Å²) in [7, 11) is 0. The van der Waals surface area contributed by atoms with E-state index in [-0.39, 0.29) is 6.10 Å². The Balaban J connectivity index is 2.36. The van der Waals surface area contributed by atoms with Gasteiger partial charge in [0, 0.05) is 11.8 Å². The number of hydrogen-bond acceptors (Lipinski definition) is 3. The van der Waals surface area contributed by atoms with Crippen LogP contribution in [0.2, 0.25) is 0 Å². The van der Waals surface area contributed by atoms with Gasteiger partial charge in [-0.2, -0.15) is 5.10 Å². The number of rotatable bonds is 5. The monoisotopic (exact) mass is 198 g/mol. The minimum atomic E-state index is -0.449. The molecule has 1 heterocycles. The predicted octanol–water partition coefficient (Wildman–Crippen LogP) is 1.36. The van der Waals surface area contributed by atoms with Crippen LogP contribution in [-0.2, 0) is 11.3 Å². The second kappa shape index (κ2) is 5.12. The van der Waals surface area contributed by atoms with E-state index in [0.29, 0.717) is 6.61 Å². The summed E-state index contributed by atoms with van der Waals surface area (Å²) in [5.41, 5.74) is 0.842. The van der Waals surface area contributed by atoms with Gasteiger partial charge in [-0.05, 0) is 20.8 Å². The Morgan fingerprint density at radius 2 is 2.21 bits per heavy atom. The lowest BCUT2D eigenvalue weighted by Crippen LogP contribution is -2.10. The molecule has 0 saturated carbocycles. The first-order valence-electron chi connectivity index (χ1n) is 4.91. The molecule has 1 atom stereocenters. The van der Waals surface area contributed by atoms with Gasteiger partial charge in [-0.25, -0.2) is 0 Å². The summed E-state index contributed by atoms with van der Waals surface area (Å²) >= 11 is 0. The predicted molar refractivity (Wildman–Crippen MR) is 53.9 cm³/mol. The summed E-state index contributed by atoms with van der Waals surface area (Å²) in [6, 6.07) is 0. The highest BCUT2D eigenvalue weighted by atomic mass is 16.5. The molecular formula is C10H18N2O2. The molecule has 14 heavy (non-hydrogen) atoms. The summed E-state index contributed by atoms with van der Waals surface area (Å²) in [6.07, 6.45) is 3.32. The highest BCUT2D eigenvalue weighted by molar-refractivity contribution is 5.06. The van der Waals surface area contributed by atoms with Gasteiger partial charge in [0.25, 0.3) is 0 Å². The summed E-state index contributed by atoms with van der Waals surface area (Å²) in [4.78, 5) is 0. The van der Waals surface area contributed by atoms with Crippen molar-refractivity contribution in [3.8, 4) is 0 Å². The smallest absolute Gasteiger partial charge is 0.0792 e. The van der Waals surface area contributed by atoms with Gasteiger partial charge >= 0.3 is 0 Å². The van der Waals surface area contributed by atoms with Crippen molar-refractivity contribution < 1.29 is 9.84 Å². The first-order chi connectivity index (χ1) is 6.59. The molecule has 1 N–H and O–H groups in total. The van der Waals surface area contributed by atoms with E-state index in [9.17, 15) is 5.11 Å². The fourth-order valence-corrected chi connectivity index (χ4v) is 1.10. The number of aliphatic hydroxyl groups is 1.